The summed E-state index contributed by atoms with van der Waals surface area (Å²) in [5.74, 6) is 0.839. The zero-order chi connectivity index (χ0) is 20.3. The lowest BCUT2D eigenvalue weighted by molar-refractivity contribution is 0.306. The Hall–Kier alpha value is -3.92. The van der Waals surface area contributed by atoms with Crippen LogP contribution in [-0.4, -0.2) is 14.4 Å². The summed E-state index contributed by atoms with van der Waals surface area (Å²) in [6, 6.07) is 28.4. The van der Waals surface area contributed by atoms with Crippen LogP contribution in [0.25, 0.3) is 28.3 Å². The number of aromatic nitrogens is 3. The molecule has 0 spiro atoms. The standard InChI is InChI=1S/C26H21N3O/c1-19-14-16-29-24(17-19)28-25(23-9-5-6-15-27-23)26(29)21-10-12-22(13-11-21)30-18-20-7-3-2-4-8-20/h2-17H,18H2,1H3. The molecule has 0 fully saturated rings. The van der Waals surface area contributed by atoms with Crippen molar-refractivity contribution in [2.45, 2.75) is 13.5 Å². The first-order valence-electron chi connectivity index (χ1n) is 9.95. The third kappa shape index (κ3) is 3.55. The van der Waals surface area contributed by atoms with Crippen LogP contribution in [0.2, 0.25) is 0 Å². The number of nitrogens with zero attached hydrogens (tertiary/aromatic N) is 3. The Bertz CT molecular complexity index is 1280. The second kappa shape index (κ2) is 7.84. The maximum absolute atomic E-state index is 5.95. The van der Waals surface area contributed by atoms with E-state index in [2.05, 4.69) is 58.9 Å². The summed E-state index contributed by atoms with van der Waals surface area (Å²) < 4.78 is 8.07. The topological polar surface area (TPSA) is 39.4 Å². The van der Waals surface area contributed by atoms with Crippen molar-refractivity contribution in [3.8, 4) is 28.4 Å². The molecule has 5 aromatic rings. The Morgan fingerprint density at radius 2 is 1.67 bits per heavy atom. The molecule has 0 radical (unpaired) electrons. The molecule has 0 aliphatic carbocycles. The maximum Gasteiger partial charge on any atom is 0.138 e. The number of hydrogen-bond donors (Lipinski definition) is 0. The average Bonchev–Trinajstić information content (AvgIpc) is 3.18. The number of hydrogen-bond acceptors (Lipinski definition) is 3. The summed E-state index contributed by atoms with van der Waals surface area (Å²) in [6.07, 6.45) is 3.87. The van der Waals surface area contributed by atoms with E-state index in [0.29, 0.717) is 6.61 Å². The first-order valence-corrected chi connectivity index (χ1v) is 9.95. The fourth-order valence-electron chi connectivity index (χ4n) is 3.55. The summed E-state index contributed by atoms with van der Waals surface area (Å²) in [4.78, 5) is 9.42. The highest BCUT2D eigenvalue weighted by atomic mass is 16.5. The van der Waals surface area contributed by atoms with E-state index in [9.17, 15) is 0 Å². The predicted octanol–water partition coefficient (Wildman–Crippen LogP) is 5.95. The van der Waals surface area contributed by atoms with Crippen LogP contribution < -0.4 is 4.74 Å². The molecule has 0 aliphatic rings. The van der Waals surface area contributed by atoms with Crippen LogP contribution in [0.5, 0.6) is 5.75 Å². The fourth-order valence-corrected chi connectivity index (χ4v) is 3.55. The number of pyridine rings is 2. The normalized spacial score (nSPS) is 11.0. The van der Waals surface area contributed by atoms with E-state index in [1.54, 1.807) is 6.20 Å². The van der Waals surface area contributed by atoms with Gasteiger partial charge in [0.25, 0.3) is 0 Å². The Morgan fingerprint density at radius 3 is 2.43 bits per heavy atom. The maximum atomic E-state index is 5.95. The zero-order valence-electron chi connectivity index (χ0n) is 16.7. The molecule has 5 rings (SSSR count). The Morgan fingerprint density at radius 1 is 0.867 bits per heavy atom. The van der Waals surface area contributed by atoms with Crippen LogP contribution in [0.3, 0.4) is 0 Å². The fraction of sp³-hybridized carbons (Fsp3) is 0.0769. The van der Waals surface area contributed by atoms with Crippen LogP contribution in [-0.2, 0) is 6.61 Å². The monoisotopic (exact) mass is 391 g/mol. The lowest BCUT2D eigenvalue weighted by atomic mass is 10.1. The Balaban J connectivity index is 1.52. The highest BCUT2D eigenvalue weighted by molar-refractivity contribution is 5.80. The number of imidazole rings is 1. The van der Waals surface area contributed by atoms with Crippen molar-refractivity contribution in [2.24, 2.45) is 0 Å². The molecule has 2 aromatic carbocycles. The van der Waals surface area contributed by atoms with Gasteiger partial charge < -0.3 is 4.74 Å². The van der Waals surface area contributed by atoms with Gasteiger partial charge in [0.1, 0.15) is 23.7 Å². The molecule has 4 nitrogen and oxygen atoms in total. The van der Waals surface area contributed by atoms with E-state index >= 15 is 0 Å². The van der Waals surface area contributed by atoms with Gasteiger partial charge in [-0.25, -0.2) is 4.98 Å². The van der Waals surface area contributed by atoms with Gasteiger partial charge in [-0.3, -0.25) is 9.38 Å². The van der Waals surface area contributed by atoms with Crippen molar-refractivity contribution < 1.29 is 4.74 Å². The van der Waals surface area contributed by atoms with Gasteiger partial charge in [-0.1, -0.05) is 36.4 Å². The lowest BCUT2D eigenvalue weighted by Gasteiger charge is -2.09. The molecule has 30 heavy (non-hydrogen) atoms. The molecule has 0 aliphatic heterocycles. The van der Waals surface area contributed by atoms with E-state index in [1.807, 2.05) is 48.5 Å². The van der Waals surface area contributed by atoms with Crippen molar-refractivity contribution in [2.75, 3.05) is 0 Å². The Labute approximate surface area is 175 Å². The number of rotatable bonds is 5. The van der Waals surface area contributed by atoms with E-state index in [-0.39, 0.29) is 0 Å². The molecule has 4 heteroatoms. The molecular weight excluding hydrogens is 370 g/mol. The SMILES string of the molecule is Cc1ccn2c(-c3ccc(OCc4ccccc4)cc3)c(-c3ccccn3)nc2c1. The smallest absolute Gasteiger partial charge is 0.138 e. The molecule has 3 aromatic heterocycles. The highest BCUT2D eigenvalue weighted by Gasteiger charge is 2.17. The molecule has 3 heterocycles. The third-order valence-corrected chi connectivity index (χ3v) is 5.07. The van der Waals surface area contributed by atoms with Crippen molar-refractivity contribution in [3.05, 3.63) is 108 Å². The number of ether oxygens (including phenoxy) is 1. The van der Waals surface area contributed by atoms with Gasteiger partial charge in [-0.2, -0.15) is 0 Å². The first kappa shape index (κ1) is 18.1. The van der Waals surface area contributed by atoms with Gasteiger partial charge in [-0.05, 0) is 66.6 Å². The van der Waals surface area contributed by atoms with Crippen molar-refractivity contribution in [1.82, 2.24) is 14.4 Å². The minimum atomic E-state index is 0.550. The highest BCUT2D eigenvalue weighted by Crippen LogP contribution is 2.33. The first-order chi connectivity index (χ1) is 14.8. The van der Waals surface area contributed by atoms with Gasteiger partial charge in [-0.15, -0.1) is 0 Å². The van der Waals surface area contributed by atoms with Crippen molar-refractivity contribution in [1.29, 1.82) is 0 Å². The molecule has 0 saturated carbocycles. The minimum Gasteiger partial charge on any atom is -0.489 e. The number of fused-ring (bicyclic) bond motifs is 1. The molecule has 0 unspecified atom stereocenters. The largest absolute Gasteiger partial charge is 0.489 e. The van der Waals surface area contributed by atoms with E-state index in [0.717, 1.165) is 39.6 Å². The van der Waals surface area contributed by atoms with Crippen molar-refractivity contribution in [3.63, 3.8) is 0 Å². The van der Waals surface area contributed by atoms with Crippen molar-refractivity contribution >= 4 is 5.65 Å². The molecule has 0 bridgehead atoms. The molecule has 0 amide bonds. The zero-order valence-corrected chi connectivity index (χ0v) is 16.7. The summed E-state index contributed by atoms with van der Waals surface area (Å²) in [5.41, 5.74) is 7.07. The summed E-state index contributed by atoms with van der Waals surface area (Å²) in [5, 5.41) is 0. The van der Waals surface area contributed by atoms with Crippen LogP contribution in [0.15, 0.2) is 97.3 Å². The average molecular weight is 391 g/mol. The van der Waals surface area contributed by atoms with Crippen LogP contribution in [0.1, 0.15) is 11.1 Å². The van der Waals surface area contributed by atoms with Gasteiger partial charge in [0.2, 0.25) is 0 Å². The quantitative estimate of drug-likeness (QED) is 0.372. The molecular formula is C26H21N3O. The van der Waals surface area contributed by atoms with E-state index in [4.69, 9.17) is 9.72 Å². The summed E-state index contributed by atoms with van der Waals surface area (Å²) in [6.45, 7) is 2.63. The summed E-state index contributed by atoms with van der Waals surface area (Å²) >= 11 is 0. The third-order valence-electron chi connectivity index (χ3n) is 5.07. The molecule has 146 valence electrons. The number of benzene rings is 2. The van der Waals surface area contributed by atoms with Gasteiger partial charge in [0.05, 0.1) is 11.4 Å². The minimum absolute atomic E-state index is 0.550. The van der Waals surface area contributed by atoms with E-state index in [1.165, 1.54) is 5.56 Å². The van der Waals surface area contributed by atoms with Gasteiger partial charge in [0.15, 0.2) is 0 Å². The number of aryl methyl sites for hydroxylation is 1. The second-order valence-corrected chi connectivity index (χ2v) is 7.25. The molecule has 0 saturated heterocycles. The molecule has 0 N–H and O–H groups in total. The van der Waals surface area contributed by atoms with Crippen LogP contribution in [0.4, 0.5) is 0 Å². The lowest BCUT2D eigenvalue weighted by Crippen LogP contribution is -1.95. The summed E-state index contributed by atoms with van der Waals surface area (Å²) in [7, 11) is 0. The second-order valence-electron chi connectivity index (χ2n) is 7.25. The Kier molecular flexibility index (Phi) is 4.74. The van der Waals surface area contributed by atoms with E-state index < -0.39 is 0 Å². The predicted molar refractivity (Wildman–Crippen MR) is 119 cm³/mol. The van der Waals surface area contributed by atoms with Gasteiger partial charge in [0, 0.05) is 18.0 Å². The molecule has 0 atom stereocenters. The van der Waals surface area contributed by atoms with Crippen LogP contribution in [0, 0.1) is 6.92 Å². The van der Waals surface area contributed by atoms with Crippen LogP contribution >= 0.6 is 0 Å². The van der Waals surface area contributed by atoms with Gasteiger partial charge >= 0.3 is 0 Å².